The Morgan fingerprint density at radius 2 is 1.49 bits per heavy atom. The highest BCUT2D eigenvalue weighted by molar-refractivity contribution is 5.89. The second kappa shape index (κ2) is 11.9. The van der Waals surface area contributed by atoms with E-state index in [1.54, 1.807) is 34.6 Å². The number of ether oxygens (including phenoxy) is 1. The predicted octanol–water partition coefficient (Wildman–Crippen LogP) is 5.22. The van der Waals surface area contributed by atoms with E-state index in [0.717, 1.165) is 39.3 Å². The van der Waals surface area contributed by atoms with Crippen LogP contribution in [-0.2, 0) is 20.7 Å². The minimum absolute atomic E-state index is 0.0351. The Hall–Kier alpha value is -3.91. The molecule has 3 aromatic carbocycles. The molecule has 3 rings (SSSR count). The zero-order chi connectivity index (χ0) is 29.0. The summed E-state index contributed by atoms with van der Waals surface area (Å²) in [7, 11) is 0. The number of esters is 1. The molecule has 3 aromatic rings. The summed E-state index contributed by atoms with van der Waals surface area (Å²) in [5.74, 6) is -2.37. The van der Waals surface area contributed by atoms with Crippen LogP contribution in [0.5, 0.6) is 0 Å². The molecule has 208 valence electrons. The van der Waals surface area contributed by atoms with E-state index in [0.29, 0.717) is 0 Å². The van der Waals surface area contributed by atoms with Crippen LogP contribution in [0.4, 0.5) is 4.79 Å². The molecule has 2 unspecified atom stereocenters. The summed E-state index contributed by atoms with van der Waals surface area (Å²) >= 11 is 0. The lowest BCUT2D eigenvalue weighted by atomic mass is 9.98. The van der Waals surface area contributed by atoms with Crippen LogP contribution in [0.25, 0.3) is 21.9 Å². The molecule has 8 heteroatoms. The van der Waals surface area contributed by atoms with Gasteiger partial charge in [0, 0.05) is 13.0 Å². The maximum atomic E-state index is 13.2. The van der Waals surface area contributed by atoms with Gasteiger partial charge in [0.1, 0.15) is 11.6 Å². The molecule has 2 atom stereocenters. The van der Waals surface area contributed by atoms with Crippen molar-refractivity contribution in [2.45, 2.75) is 65.3 Å². The fourth-order valence-electron chi connectivity index (χ4n) is 4.17. The number of rotatable bonds is 9. The van der Waals surface area contributed by atoms with Crippen LogP contribution in [0.15, 0.2) is 66.7 Å². The van der Waals surface area contributed by atoms with Crippen molar-refractivity contribution < 1.29 is 29.3 Å². The van der Waals surface area contributed by atoms with Crippen molar-refractivity contribution in [2.24, 2.45) is 5.92 Å². The molecular formula is C31H38N2O6. The van der Waals surface area contributed by atoms with E-state index in [-0.39, 0.29) is 18.9 Å². The smallest absolute Gasteiger partial charge is 0.357 e. The van der Waals surface area contributed by atoms with E-state index in [1.165, 1.54) is 0 Å². The lowest BCUT2D eigenvalue weighted by molar-refractivity contribution is -0.173. The van der Waals surface area contributed by atoms with Gasteiger partial charge in [-0.3, -0.25) is 4.90 Å². The van der Waals surface area contributed by atoms with E-state index in [2.05, 4.69) is 35.6 Å². The van der Waals surface area contributed by atoms with E-state index in [4.69, 9.17) is 4.74 Å². The zero-order valence-electron chi connectivity index (χ0n) is 23.4. The summed E-state index contributed by atoms with van der Waals surface area (Å²) in [6.07, 6.45) is 0.114. The van der Waals surface area contributed by atoms with E-state index >= 15 is 0 Å². The number of amides is 2. The van der Waals surface area contributed by atoms with Crippen molar-refractivity contribution in [3.63, 3.8) is 0 Å². The number of nitrogens with zero attached hydrogens (tertiary/aromatic N) is 1. The number of aliphatic carboxylic acids is 1. The molecule has 0 heterocycles. The fraction of sp³-hybridized carbons (Fsp3) is 0.387. The predicted molar refractivity (Wildman–Crippen MR) is 151 cm³/mol. The number of benzene rings is 3. The number of aliphatic hydroxyl groups is 1. The van der Waals surface area contributed by atoms with Gasteiger partial charge in [-0.05, 0) is 67.1 Å². The first-order chi connectivity index (χ1) is 18.2. The molecule has 0 aliphatic rings. The second-order valence-corrected chi connectivity index (χ2v) is 11.3. The number of fused-ring (bicyclic) bond motifs is 1. The summed E-state index contributed by atoms with van der Waals surface area (Å²) in [6, 6.07) is 20.0. The largest absolute Gasteiger partial charge is 0.478 e. The first-order valence-corrected chi connectivity index (χ1v) is 13.0. The highest BCUT2D eigenvalue weighted by atomic mass is 16.6. The molecular weight excluding hydrogens is 496 g/mol. The number of hydrogen-bond donors (Lipinski definition) is 3. The summed E-state index contributed by atoms with van der Waals surface area (Å²) in [5.41, 5.74) is -0.435. The number of hydrogen-bond acceptors (Lipinski definition) is 5. The monoisotopic (exact) mass is 534 g/mol. The van der Waals surface area contributed by atoms with E-state index in [1.807, 2.05) is 36.4 Å². The van der Waals surface area contributed by atoms with Crippen LogP contribution in [-0.4, -0.2) is 57.0 Å². The molecule has 0 saturated heterocycles. The molecule has 0 bridgehead atoms. The number of carbonyl (C=O) groups is 3. The average molecular weight is 535 g/mol. The van der Waals surface area contributed by atoms with Gasteiger partial charge in [-0.1, -0.05) is 74.5 Å². The lowest BCUT2D eigenvalue weighted by Crippen LogP contribution is -2.61. The van der Waals surface area contributed by atoms with Crippen molar-refractivity contribution in [3.05, 3.63) is 72.3 Å². The summed E-state index contributed by atoms with van der Waals surface area (Å²) < 4.78 is 5.55. The van der Waals surface area contributed by atoms with Crippen LogP contribution in [0.2, 0.25) is 0 Å². The van der Waals surface area contributed by atoms with Gasteiger partial charge in [-0.15, -0.1) is 0 Å². The number of carboxylic acids is 1. The Kier molecular flexibility index (Phi) is 9.02. The van der Waals surface area contributed by atoms with Gasteiger partial charge >= 0.3 is 18.0 Å². The molecule has 2 amide bonds. The highest BCUT2D eigenvalue weighted by Gasteiger charge is 2.42. The highest BCUT2D eigenvalue weighted by Crippen LogP contribution is 2.25. The molecule has 0 aliphatic carbocycles. The Bertz CT molecular complexity index is 1320. The van der Waals surface area contributed by atoms with Crippen molar-refractivity contribution in [1.29, 1.82) is 0 Å². The third-order valence-electron chi connectivity index (χ3n) is 6.19. The molecule has 0 spiro atoms. The van der Waals surface area contributed by atoms with E-state index in [9.17, 15) is 24.6 Å². The molecule has 8 nitrogen and oxygen atoms in total. The summed E-state index contributed by atoms with van der Waals surface area (Å²) in [4.78, 5) is 38.9. The summed E-state index contributed by atoms with van der Waals surface area (Å²) in [6.45, 7) is 9.76. The van der Waals surface area contributed by atoms with Gasteiger partial charge in [0.2, 0.25) is 5.72 Å². The van der Waals surface area contributed by atoms with Crippen molar-refractivity contribution >= 4 is 28.7 Å². The zero-order valence-corrected chi connectivity index (χ0v) is 23.4. The van der Waals surface area contributed by atoms with Gasteiger partial charge in [-0.25, -0.2) is 14.4 Å². The van der Waals surface area contributed by atoms with Crippen LogP contribution < -0.4 is 5.32 Å². The molecule has 3 N–H and O–H groups in total. The van der Waals surface area contributed by atoms with Gasteiger partial charge in [0.15, 0.2) is 0 Å². The van der Waals surface area contributed by atoms with E-state index < -0.39 is 35.3 Å². The molecule has 0 saturated carbocycles. The maximum Gasteiger partial charge on any atom is 0.357 e. The average Bonchev–Trinajstić information content (AvgIpc) is 2.85. The Balaban J connectivity index is 1.86. The SMILES string of the molecule is CC(C)CN(C(=O)NC(Cc1ccc(-c2ccc3ccccc3c2)cc1)C(=O)OC(C)(C)C)C(C)(O)C(=O)O. The third-order valence-corrected chi connectivity index (χ3v) is 6.19. The number of nitrogens with one attached hydrogen (secondary N) is 1. The molecule has 0 fully saturated rings. The standard InChI is InChI=1S/C31H38N2O6/c1-20(2)19-33(31(6,38)28(35)36)29(37)32-26(27(34)39-30(3,4)5)17-21-11-13-23(14-12-21)25-16-15-22-9-7-8-10-24(22)18-25/h7-16,18,20,26,38H,17,19H2,1-6H3,(H,32,37)(H,35,36). The van der Waals surface area contributed by atoms with Gasteiger partial charge in [0.05, 0.1) is 0 Å². The Labute approximate surface area is 229 Å². The number of urea groups is 1. The van der Waals surface area contributed by atoms with Crippen molar-refractivity contribution in [3.8, 4) is 11.1 Å². The van der Waals surface area contributed by atoms with Gasteiger partial charge < -0.3 is 20.3 Å². The van der Waals surface area contributed by atoms with Crippen LogP contribution in [0, 0.1) is 5.92 Å². The quantitative estimate of drug-likeness (QED) is 0.256. The minimum Gasteiger partial charge on any atom is -0.478 e. The Morgan fingerprint density at radius 1 is 0.897 bits per heavy atom. The van der Waals surface area contributed by atoms with Crippen molar-refractivity contribution in [1.82, 2.24) is 10.2 Å². The van der Waals surface area contributed by atoms with Gasteiger partial charge in [0.25, 0.3) is 0 Å². The van der Waals surface area contributed by atoms with Crippen LogP contribution >= 0.6 is 0 Å². The number of carboxylic acid groups (broad SMARTS) is 1. The van der Waals surface area contributed by atoms with Crippen molar-refractivity contribution in [2.75, 3.05) is 6.54 Å². The van der Waals surface area contributed by atoms with Crippen LogP contribution in [0.3, 0.4) is 0 Å². The molecule has 39 heavy (non-hydrogen) atoms. The number of carbonyl (C=O) groups excluding carboxylic acids is 2. The van der Waals surface area contributed by atoms with Crippen LogP contribution in [0.1, 0.15) is 47.1 Å². The maximum absolute atomic E-state index is 13.2. The third kappa shape index (κ3) is 7.80. The molecule has 0 aromatic heterocycles. The topological polar surface area (TPSA) is 116 Å². The summed E-state index contributed by atoms with van der Waals surface area (Å²) in [5, 5.41) is 25.0. The lowest BCUT2D eigenvalue weighted by Gasteiger charge is -2.36. The first-order valence-electron chi connectivity index (χ1n) is 13.0. The Morgan fingerprint density at radius 3 is 2.05 bits per heavy atom. The second-order valence-electron chi connectivity index (χ2n) is 11.3. The molecule has 0 radical (unpaired) electrons. The minimum atomic E-state index is -2.46. The molecule has 0 aliphatic heterocycles. The first kappa shape index (κ1) is 29.6. The normalized spacial score (nSPS) is 13.9. The van der Waals surface area contributed by atoms with Gasteiger partial charge in [-0.2, -0.15) is 0 Å². The fourth-order valence-corrected chi connectivity index (χ4v) is 4.17.